The van der Waals surface area contributed by atoms with E-state index in [2.05, 4.69) is 0 Å². The molecular weight excluding hydrogens is 216 g/mol. The van der Waals surface area contributed by atoms with E-state index in [1.807, 2.05) is 24.3 Å². The first-order valence-corrected chi connectivity index (χ1v) is 5.90. The summed E-state index contributed by atoms with van der Waals surface area (Å²) in [5.41, 5.74) is 6.86. The van der Waals surface area contributed by atoms with Crippen LogP contribution in [0.4, 0.5) is 5.69 Å². The number of rotatable bonds is 2. The van der Waals surface area contributed by atoms with Crippen molar-refractivity contribution in [2.24, 2.45) is 5.73 Å². The number of benzene rings is 1. The molecular formula is C13H18N2O2. The van der Waals surface area contributed by atoms with Crippen LogP contribution in [0.15, 0.2) is 24.3 Å². The number of hydrogen-bond acceptors (Lipinski definition) is 3. The standard InChI is InChI=1S/C13H18N2O2/c1-17-12-7-5-11(6-8-12)15-9-10(14)3-2-4-13(15)16/h5-8,10H,2-4,9,14H2,1H3. The van der Waals surface area contributed by atoms with Gasteiger partial charge in [0.2, 0.25) is 5.91 Å². The molecule has 4 heteroatoms. The van der Waals surface area contributed by atoms with Gasteiger partial charge in [-0.25, -0.2) is 0 Å². The Morgan fingerprint density at radius 3 is 2.71 bits per heavy atom. The first kappa shape index (κ1) is 11.9. The summed E-state index contributed by atoms with van der Waals surface area (Å²) in [7, 11) is 1.63. The molecule has 4 nitrogen and oxygen atoms in total. The van der Waals surface area contributed by atoms with Gasteiger partial charge < -0.3 is 15.4 Å². The van der Waals surface area contributed by atoms with Gasteiger partial charge in [-0.3, -0.25) is 4.79 Å². The SMILES string of the molecule is COc1ccc(N2CC(N)CCCC2=O)cc1. The highest BCUT2D eigenvalue weighted by Crippen LogP contribution is 2.22. The van der Waals surface area contributed by atoms with Crippen molar-refractivity contribution < 1.29 is 9.53 Å². The van der Waals surface area contributed by atoms with Gasteiger partial charge in [0.25, 0.3) is 0 Å². The minimum atomic E-state index is 0.0727. The van der Waals surface area contributed by atoms with Crippen LogP contribution in [0.25, 0.3) is 0 Å². The van der Waals surface area contributed by atoms with Gasteiger partial charge in [-0.05, 0) is 37.1 Å². The van der Waals surface area contributed by atoms with Crippen LogP contribution in [0, 0.1) is 0 Å². The quantitative estimate of drug-likeness (QED) is 0.844. The predicted octanol–water partition coefficient (Wildman–Crippen LogP) is 1.54. The summed E-state index contributed by atoms with van der Waals surface area (Å²) in [5, 5.41) is 0. The zero-order valence-electron chi connectivity index (χ0n) is 10.1. The lowest BCUT2D eigenvalue weighted by molar-refractivity contribution is -0.118. The maximum atomic E-state index is 12.0. The van der Waals surface area contributed by atoms with Crippen molar-refractivity contribution in [3.05, 3.63) is 24.3 Å². The van der Waals surface area contributed by atoms with Crippen LogP contribution in [0.3, 0.4) is 0 Å². The van der Waals surface area contributed by atoms with E-state index in [1.54, 1.807) is 12.0 Å². The highest BCUT2D eigenvalue weighted by molar-refractivity contribution is 5.93. The van der Waals surface area contributed by atoms with Gasteiger partial charge in [0.05, 0.1) is 7.11 Å². The summed E-state index contributed by atoms with van der Waals surface area (Å²) < 4.78 is 5.10. The third kappa shape index (κ3) is 2.77. The molecule has 2 N–H and O–H groups in total. The van der Waals surface area contributed by atoms with E-state index < -0.39 is 0 Å². The Kier molecular flexibility index (Phi) is 3.64. The zero-order chi connectivity index (χ0) is 12.3. The first-order valence-electron chi connectivity index (χ1n) is 5.90. The molecule has 1 fully saturated rings. The highest BCUT2D eigenvalue weighted by atomic mass is 16.5. The smallest absolute Gasteiger partial charge is 0.227 e. The van der Waals surface area contributed by atoms with Gasteiger partial charge in [0.15, 0.2) is 0 Å². The molecule has 1 aliphatic rings. The number of carbonyl (C=O) groups is 1. The zero-order valence-corrected chi connectivity index (χ0v) is 10.1. The largest absolute Gasteiger partial charge is 0.497 e. The van der Waals surface area contributed by atoms with Crippen molar-refractivity contribution in [3.63, 3.8) is 0 Å². The second-order valence-corrected chi connectivity index (χ2v) is 4.35. The molecule has 92 valence electrons. The van der Waals surface area contributed by atoms with Crippen molar-refractivity contribution >= 4 is 11.6 Å². The summed E-state index contributed by atoms with van der Waals surface area (Å²) in [6.45, 7) is 0.602. The van der Waals surface area contributed by atoms with Gasteiger partial charge in [-0.2, -0.15) is 0 Å². The van der Waals surface area contributed by atoms with Crippen molar-refractivity contribution in [1.29, 1.82) is 0 Å². The lowest BCUT2D eigenvalue weighted by Gasteiger charge is -2.23. The van der Waals surface area contributed by atoms with Crippen LogP contribution in [0.1, 0.15) is 19.3 Å². The Morgan fingerprint density at radius 2 is 2.06 bits per heavy atom. The third-order valence-corrected chi connectivity index (χ3v) is 3.07. The van der Waals surface area contributed by atoms with E-state index in [1.165, 1.54) is 0 Å². The number of hydrogen-bond donors (Lipinski definition) is 1. The number of anilines is 1. The van der Waals surface area contributed by atoms with Crippen LogP contribution in [0.2, 0.25) is 0 Å². The normalized spacial score (nSPS) is 21.2. The van der Waals surface area contributed by atoms with Gasteiger partial charge >= 0.3 is 0 Å². The number of nitrogens with two attached hydrogens (primary N) is 1. The van der Waals surface area contributed by atoms with E-state index in [0.717, 1.165) is 24.3 Å². The molecule has 2 rings (SSSR count). The Labute approximate surface area is 101 Å². The summed E-state index contributed by atoms with van der Waals surface area (Å²) in [6.07, 6.45) is 2.38. The molecule has 1 aromatic rings. The molecule has 1 heterocycles. The Morgan fingerprint density at radius 1 is 1.35 bits per heavy atom. The molecule has 0 aliphatic carbocycles. The fraction of sp³-hybridized carbons (Fsp3) is 0.462. The Balaban J connectivity index is 2.20. The van der Waals surface area contributed by atoms with Crippen LogP contribution < -0.4 is 15.4 Å². The lowest BCUT2D eigenvalue weighted by Crippen LogP contribution is -2.38. The molecule has 17 heavy (non-hydrogen) atoms. The number of ether oxygens (including phenoxy) is 1. The van der Waals surface area contributed by atoms with E-state index in [9.17, 15) is 4.79 Å². The van der Waals surface area contributed by atoms with E-state index in [0.29, 0.717) is 13.0 Å². The third-order valence-electron chi connectivity index (χ3n) is 3.07. The topological polar surface area (TPSA) is 55.6 Å². The van der Waals surface area contributed by atoms with E-state index >= 15 is 0 Å². The fourth-order valence-electron chi connectivity index (χ4n) is 2.09. The maximum Gasteiger partial charge on any atom is 0.227 e. The van der Waals surface area contributed by atoms with Gasteiger partial charge in [-0.1, -0.05) is 0 Å². The summed E-state index contributed by atoms with van der Waals surface area (Å²) in [4.78, 5) is 13.7. The van der Waals surface area contributed by atoms with Gasteiger partial charge in [0, 0.05) is 24.7 Å². The van der Waals surface area contributed by atoms with Gasteiger partial charge in [0.1, 0.15) is 5.75 Å². The second-order valence-electron chi connectivity index (χ2n) is 4.35. The fourth-order valence-corrected chi connectivity index (χ4v) is 2.09. The summed E-state index contributed by atoms with van der Waals surface area (Å²) in [6, 6.07) is 7.59. The predicted molar refractivity (Wildman–Crippen MR) is 67.2 cm³/mol. The van der Waals surface area contributed by atoms with Gasteiger partial charge in [-0.15, -0.1) is 0 Å². The van der Waals surface area contributed by atoms with Crippen LogP contribution in [-0.4, -0.2) is 25.6 Å². The number of amides is 1. The minimum Gasteiger partial charge on any atom is -0.497 e. The molecule has 0 saturated carbocycles. The first-order chi connectivity index (χ1) is 8.20. The van der Waals surface area contributed by atoms with Crippen LogP contribution >= 0.6 is 0 Å². The minimum absolute atomic E-state index is 0.0727. The van der Waals surface area contributed by atoms with E-state index in [-0.39, 0.29) is 11.9 Å². The molecule has 0 aromatic heterocycles. The van der Waals surface area contributed by atoms with Crippen molar-refractivity contribution in [2.45, 2.75) is 25.3 Å². The molecule has 0 spiro atoms. The van der Waals surface area contributed by atoms with E-state index in [4.69, 9.17) is 10.5 Å². The number of nitrogens with zero attached hydrogens (tertiary/aromatic N) is 1. The van der Waals surface area contributed by atoms with Crippen LogP contribution in [0.5, 0.6) is 5.75 Å². The molecule has 1 aliphatic heterocycles. The molecule has 1 unspecified atom stereocenters. The Bertz CT molecular complexity index is 389. The molecule has 1 aromatic carbocycles. The molecule has 1 saturated heterocycles. The monoisotopic (exact) mass is 234 g/mol. The van der Waals surface area contributed by atoms with Crippen molar-refractivity contribution in [1.82, 2.24) is 0 Å². The molecule has 0 bridgehead atoms. The molecule has 0 radical (unpaired) electrons. The molecule has 1 amide bonds. The van der Waals surface area contributed by atoms with Crippen LogP contribution in [-0.2, 0) is 4.79 Å². The highest BCUT2D eigenvalue weighted by Gasteiger charge is 2.22. The number of methoxy groups -OCH3 is 1. The summed E-state index contributed by atoms with van der Waals surface area (Å²) >= 11 is 0. The maximum absolute atomic E-state index is 12.0. The van der Waals surface area contributed by atoms with Crippen molar-refractivity contribution in [2.75, 3.05) is 18.6 Å². The Hall–Kier alpha value is -1.55. The lowest BCUT2D eigenvalue weighted by atomic mass is 10.1. The second kappa shape index (κ2) is 5.19. The molecule has 1 atom stereocenters. The number of carbonyl (C=O) groups excluding carboxylic acids is 1. The average molecular weight is 234 g/mol. The summed E-state index contributed by atoms with van der Waals surface area (Å²) in [5.74, 6) is 0.948. The van der Waals surface area contributed by atoms with Crippen molar-refractivity contribution in [3.8, 4) is 5.75 Å². The average Bonchev–Trinajstić information content (AvgIpc) is 2.51.